The van der Waals surface area contributed by atoms with Gasteiger partial charge in [-0.25, -0.2) is 0 Å². The van der Waals surface area contributed by atoms with Crippen molar-refractivity contribution < 1.29 is 28.2 Å². The number of hydrogen-bond acceptors (Lipinski definition) is 7. The number of benzene rings is 2. The summed E-state index contributed by atoms with van der Waals surface area (Å²) < 4.78 is 42.5. The molecule has 0 radical (unpaired) electrons. The molecule has 0 spiro atoms. The Morgan fingerprint density at radius 1 is 1.27 bits per heavy atom. The lowest BCUT2D eigenvalue weighted by Crippen LogP contribution is -2.11. The van der Waals surface area contributed by atoms with Gasteiger partial charge >= 0.3 is 12.6 Å². The largest absolute Gasteiger partial charge is 0.508 e. The minimum atomic E-state index is -2.97. The van der Waals surface area contributed by atoms with E-state index >= 15 is 0 Å². The predicted molar refractivity (Wildman–Crippen MR) is 90.6 cm³/mol. The van der Waals surface area contributed by atoms with Crippen LogP contribution < -0.4 is 4.74 Å². The number of nitrogens with zero attached hydrogens (tertiary/aromatic N) is 2. The van der Waals surface area contributed by atoms with Gasteiger partial charge in [-0.2, -0.15) is 17.5 Å². The molecule has 3 aromatic rings. The molecule has 1 N–H and O–H groups in total. The second kappa shape index (κ2) is 7.61. The van der Waals surface area contributed by atoms with E-state index in [1.54, 1.807) is 12.1 Å². The third-order valence-corrected chi connectivity index (χ3v) is 4.42. The molecule has 0 aliphatic rings. The number of phenols is 1. The molecule has 0 bridgehead atoms. The van der Waals surface area contributed by atoms with Crippen molar-refractivity contribution in [3.8, 4) is 11.5 Å². The number of fused-ring (bicyclic) bond motifs is 1. The second-order valence-corrected chi connectivity index (χ2v) is 5.94. The summed E-state index contributed by atoms with van der Waals surface area (Å²) in [5, 5.41) is 10.4. The summed E-state index contributed by atoms with van der Waals surface area (Å²) in [6.45, 7) is -2.97. The van der Waals surface area contributed by atoms with Gasteiger partial charge in [0.2, 0.25) is 0 Å². The van der Waals surface area contributed by atoms with E-state index in [0.717, 1.165) is 11.7 Å². The topological polar surface area (TPSA) is 81.5 Å². The second-order valence-electron chi connectivity index (χ2n) is 5.41. The molecule has 0 saturated heterocycles. The fourth-order valence-corrected chi connectivity index (χ4v) is 3.30. The first-order chi connectivity index (χ1) is 12.5. The zero-order valence-corrected chi connectivity index (χ0v) is 14.4. The van der Waals surface area contributed by atoms with Gasteiger partial charge in [0.25, 0.3) is 0 Å². The van der Waals surface area contributed by atoms with Crippen molar-refractivity contribution in [1.82, 2.24) is 8.75 Å². The number of methoxy groups -OCH3 is 1. The number of aromatic hydroxyl groups is 1. The molecule has 0 unspecified atom stereocenters. The first-order valence-electron chi connectivity index (χ1n) is 7.55. The van der Waals surface area contributed by atoms with E-state index in [2.05, 4.69) is 13.5 Å². The quantitative estimate of drug-likeness (QED) is 0.657. The molecule has 136 valence electrons. The number of hydrogen-bond donors (Lipinski definition) is 1. The summed E-state index contributed by atoms with van der Waals surface area (Å²) in [5.74, 6) is -1.30. The average molecular weight is 380 g/mol. The van der Waals surface area contributed by atoms with Crippen LogP contribution in [0.5, 0.6) is 11.5 Å². The SMILES string of the molecule is COC(=O)C[C@H](c1cccc(OC(F)F)c1)c1c(O)ccc2nsnc12. The molecule has 0 amide bonds. The van der Waals surface area contributed by atoms with Crippen LogP contribution in [0.4, 0.5) is 8.78 Å². The number of esters is 1. The van der Waals surface area contributed by atoms with Crippen LogP contribution in [0.2, 0.25) is 0 Å². The van der Waals surface area contributed by atoms with Gasteiger partial charge in [-0.05, 0) is 29.8 Å². The summed E-state index contributed by atoms with van der Waals surface area (Å²) in [6, 6.07) is 9.05. The van der Waals surface area contributed by atoms with Crippen LogP contribution in [0.1, 0.15) is 23.5 Å². The van der Waals surface area contributed by atoms with Gasteiger partial charge in [0.05, 0.1) is 25.3 Å². The lowest BCUT2D eigenvalue weighted by Gasteiger charge is -2.19. The number of carbonyl (C=O) groups excluding carboxylic acids is 1. The van der Waals surface area contributed by atoms with Crippen LogP contribution in [0.25, 0.3) is 11.0 Å². The molecule has 1 aromatic heterocycles. The standard InChI is InChI=1S/C17H14F2N2O4S/c1-24-14(23)8-11(9-3-2-4-10(7-9)25-17(18)19)15-13(22)6-5-12-16(15)21-26-20-12/h2-7,11,17,22H,8H2,1H3/t11-/m1/s1. The van der Waals surface area contributed by atoms with Crippen LogP contribution in [0, 0.1) is 0 Å². The third-order valence-electron chi connectivity index (χ3n) is 3.88. The van der Waals surface area contributed by atoms with Gasteiger partial charge in [-0.15, -0.1) is 0 Å². The Kier molecular flexibility index (Phi) is 5.27. The Bertz CT molecular complexity index is 932. The molecule has 1 atom stereocenters. The highest BCUT2D eigenvalue weighted by Crippen LogP contribution is 2.39. The van der Waals surface area contributed by atoms with E-state index in [0.29, 0.717) is 22.2 Å². The minimum Gasteiger partial charge on any atom is -0.508 e. The number of halogens is 2. The summed E-state index contributed by atoms with van der Waals surface area (Å²) in [6.07, 6.45) is -0.112. The Balaban J connectivity index is 2.12. The highest BCUT2D eigenvalue weighted by atomic mass is 32.1. The van der Waals surface area contributed by atoms with E-state index in [1.165, 1.54) is 31.4 Å². The van der Waals surface area contributed by atoms with Gasteiger partial charge in [0.15, 0.2) is 0 Å². The fourth-order valence-electron chi connectivity index (χ4n) is 2.75. The monoisotopic (exact) mass is 380 g/mol. The van der Waals surface area contributed by atoms with E-state index < -0.39 is 18.5 Å². The minimum absolute atomic E-state index is 0.0459. The molecule has 2 aromatic carbocycles. The maximum atomic E-state index is 12.5. The maximum absolute atomic E-state index is 12.5. The van der Waals surface area contributed by atoms with Crippen molar-refractivity contribution in [3.05, 3.63) is 47.5 Å². The third kappa shape index (κ3) is 3.72. The highest BCUT2D eigenvalue weighted by molar-refractivity contribution is 7.00. The molecular weight excluding hydrogens is 366 g/mol. The van der Waals surface area contributed by atoms with E-state index in [-0.39, 0.29) is 17.9 Å². The molecule has 6 nitrogen and oxygen atoms in total. The molecule has 3 rings (SSSR count). The number of aromatic nitrogens is 2. The number of rotatable bonds is 6. The number of alkyl halides is 2. The van der Waals surface area contributed by atoms with Crippen LogP contribution in [0.15, 0.2) is 36.4 Å². The average Bonchev–Trinajstić information content (AvgIpc) is 3.08. The van der Waals surface area contributed by atoms with Crippen molar-refractivity contribution in [3.63, 3.8) is 0 Å². The Morgan fingerprint density at radius 2 is 2.08 bits per heavy atom. The summed E-state index contributed by atoms with van der Waals surface area (Å²) >= 11 is 0.973. The van der Waals surface area contributed by atoms with Crippen molar-refractivity contribution in [2.45, 2.75) is 19.0 Å². The molecule has 1 heterocycles. The Hall–Kier alpha value is -2.81. The molecule has 0 aliphatic carbocycles. The number of phenolic OH excluding ortho intramolecular Hbond substituents is 1. The summed E-state index contributed by atoms with van der Waals surface area (Å²) in [7, 11) is 1.25. The van der Waals surface area contributed by atoms with Crippen LogP contribution in [-0.4, -0.2) is 33.5 Å². The molecule has 0 saturated carbocycles. The normalized spacial score (nSPS) is 12.3. The van der Waals surface area contributed by atoms with Crippen molar-refractivity contribution >= 4 is 28.7 Å². The molecule has 0 aliphatic heterocycles. The van der Waals surface area contributed by atoms with E-state index in [9.17, 15) is 18.7 Å². The summed E-state index contributed by atoms with van der Waals surface area (Å²) in [5.41, 5.74) is 1.90. The summed E-state index contributed by atoms with van der Waals surface area (Å²) in [4.78, 5) is 11.9. The number of carbonyl (C=O) groups is 1. The van der Waals surface area contributed by atoms with E-state index in [4.69, 9.17) is 4.74 Å². The molecule has 26 heavy (non-hydrogen) atoms. The van der Waals surface area contributed by atoms with Gasteiger partial charge in [0, 0.05) is 11.5 Å². The van der Waals surface area contributed by atoms with Gasteiger partial charge < -0.3 is 14.6 Å². The fraction of sp³-hybridized carbons (Fsp3) is 0.235. The first kappa shape index (κ1) is 18.0. The Labute approximate surface area is 151 Å². The van der Waals surface area contributed by atoms with Crippen LogP contribution in [0.3, 0.4) is 0 Å². The van der Waals surface area contributed by atoms with Gasteiger partial charge in [0.1, 0.15) is 22.5 Å². The van der Waals surface area contributed by atoms with Gasteiger partial charge in [-0.3, -0.25) is 4.79 Å². The number of ether oxygens (including phenoxy) is 2. The van der Waals surface area contributed by atoms with Crippen molar-refractivity contribution in [2.75, 3.05) is 7.11 Å². The predicted octanol–water partition coefficient (Wildman–Crippen LogP) is 3.69. The molecule has 9 heteroatoms. The highest BCUT2D eigenvalue weighted by Gasteiger charge is 2.26. The maximum Gasteiger partial charge on any atom is 0.387 e. The first-order valence-corrected chi connectivity index (χ1v) is 8.28. The van der Waals surface area contributed by atoms with Crippen molar-refractivity contribution in [1.29, 1.82) is 0 Å². The Morgan fingerprint density at radius 3 is 2.81 bits per heavy atom. The lowest BCUT2D eigenvalue weighted by molar-refractivity contribution is -0.140. The molecular formula is C17H14F2N2O4S. The van der Waals surface area contributed by atoms with Crippen LogP contribution >= 0.6 is 11.7 Å². The zero-order chi connectivity index (χ0) is 18.7. The van der Waals surface area contributed by atoms with Gasteiger partial charge in [-0.1, -0.05) is 12.1 Å². The molecule has 0 fully saturated rings. The van der Waals surface area contributed by atoms with Crippen LogP contribution in [-0.2, 0) is 9.53 Å². The van der Waals surface area contributed by atoms with Crippen molar-refractivity contribution in [2.24, 2.45) is 0 Å². The lowest BCUT2D eigenvalue weighted by atomic mass is 9.87. The smallest absolute Gasteiger partial charge is 0.387 e. The van der Waals surface area contributed by atoms with E-state index in [1.807, 2.05) is 0 Å². The zero-order valence-electron chi connectivity index (χ0n) is 13.6.